The molecule has 1 aliphatic rings. The van der Waals surface area contributed by atoms with Crippen LogP contribution in [0.3, 0.4) is 0 Å². The van der Waals surface area contributed by atoms with Crippen molar-refractivity contribution in [1.82, 2.24) is 14.8 Å². The largest absolute Gasteiger partial charge is 0.447 e. The Kier molecular flexibility index (Phi) is 4.59. The molecule has 0 aliphatic heterocycles. The van der Waals surface area contributed by atoms with Crippen molar-refractivity contribution in [2.24, 2.45) is 0 Å². The zero-order valence-corrected chi connectivity index (χ0v) is 15.5. The number of carbonyl (C=O) groups is 1. The quantitative estimate of drug-likeness (QED) is 0.453. The molecule has 0 bridgehead atoms. The maximum atomic E-state index is 14.7. The summed E-state index contributed by atoms with van der Waals surface area (Å²) in [5.41, 5.74) is -2.08. The Labute approximate surface area is 167 Å². The number of pyridine rings is 1. The first-order chi connectivity index (χ1) is 14.1. The Morgan fingerprint density at radius 1 is 1.17 bits per heavy atom. The van der Waals surface area contributed by atoms with Gasteiger partial charge in [-0.15, -0.1) is 0 Å². The summed E-state index contributed by atoms with van der Waals surface area (Å²) in [5, 5.41) is 3.53. The molecule has 0 spiro atoms. The van der Waals surface area contributed by atoms with Gasteiger partial charge in [0.05, 0.1) is 35.1 Å². The zero-order chi connectivity index (χ0) is 21.7. The van der Waals surface area contributed by atoms with Crippen LogP contribution in [0, 0.1) is 6.92 Å². The van der Waals surface area contributed by atoms with E-state index in [2.05, 4.69) is 10.1 Å². The first kappa shape index (κ1) is 20.0. The van der Waals surface area contributed by atoms with E-state index in [0.717, 1.165) is 4.68 Å². The maximum Gasteiger partial charge on any atom is 0.435 e. The van der Waals surface area contributed by atoms with E-state index in [4.69, 9.17) is 4.74 Å². The number of benzene rings is 1. The number of halogens is 5. The molecule has 30 heavy (non-hydrogen) atoms. The third-order valence-corrected chi connectivity index (χ3v) is 4.71. The van der Waals surface area contributed by atoms with Crippen LogP contribution in [0.1, 0.15) is 39.1 Å². The van der Waals surface area contributed by atoms with E-state index in [0.29, 0.717) is 5.69 Å². The normalized spacial score (nSPS) is 17.6. The van der Waals surface area contributed by atoms with Gasteiger partial charge < -0.3 is 4.74 Å². The molecule has 5 nitrogen and oxygen atoms in total. The topological polar surface area (TPSA) is 57.0 Å². The number of fused-ring (bicyclic) bond motifs is 1. The van der Waals surface area contributed by atoms with Crippen molar-refractivity contribution in [3.05, 3.63) is 76.9 Å². The molecule has 0 fully saturated rings. The van der Waals surface area contributed by atoms with Gasteiger partial charge in [0.25, 0.3) is 5.92 Å². The highest BCUT2D eigenvalue weighted by Crippen LogP contribution is 2.50. The second-order valence-corrected chi connectivity index (χ2v) is 6.87. The fourth-order valence-corrected chi connectivity index (χ4v) is 3.34. The number of ether oxygens (including phenoxy) is 1. The third-order valence-electron chi connectivity index (χ3n) is 4.71. The number of alkyl halides is 5. The highest BCUT2D eigenvalue weighted by Gasteiger charge is 2.57. The van der Waals surface area contributed by atoms with Gasteiger partial charge in [-0.1, -0.05) is 18.2 Å². The molecule has 2 heterocycles. The van der Waals surface area contributed by atoms with Gasteiger partial charge in [-0.3, -0.25) is 4.98 Å². The van der Waals surface area contributed by atoms with Crippen LogP contribution in [-0.2, 0) is 17.3 Å². The summed E-state index contributed by atoms with van der Waals surface area (Å²) in [6.07, 6.45) is -7.26. The van der Waals surface area contributed by atoms with Gasteiger partial charge in [-0.2, -0.15) is 18.3 Å². The van der Waals surface area contributed by atoms with Crippen molar-refractivity contribution >= 4 is 5.97 Å². The van der Waals surface area contributed by atoms with Crippen molar-refractivity contribution in [3.63, 3.8) is 0 Å². The first-order valence-corrected chi connectivity index (χ1v) is 8.84. The van der Waals surface area contributed by atoms with Crippen molar-refractivity contribution in [1.29, 1.82) is 0 Å². The SMILES string of the molecule is Cc1ccc(-n2nc(C(F)(F)F)c3c2CC(F)(F)[C@H]3OC(=O)c2ccccc2)cn1. The van der Waals surface area contributed by atoms with Crippen LogP contribution in [0.4, 0.5) is 22.0 Å². The number of aryl methyl sites for hydroxylation is 1. The number of hydrogen-bond donors (Lipinski definition) is 0. The first-order valence-electron chi connectivity index (χ1n) is 8.84. The number of rotatable bonds is 3. The van der Waals surface area contributed by atoms with E-state index in [1.54, 1.807) is 13.0 Å². The van der Waals surface area contributed by atoms with Gasteiger partial charge in [-0.25, -0.2) is 18.3 Å². The molecule has 0 N–H and O–H groups in total. The lowest BCUT2D eigenvalue weighted by Gasteiger charge is -2.21. The Morgan fingerprint density at radius 3 is 2.47 bits per heavy atom. The van der Waals surface area contributed by atoms with Crippen LogP contribution in [-0.4, -0.2) is 26.7 Å². The van der Waals surface area contributed by atoms with Crippen molar-refractivity contribution in [2.75, 3.05) is 0 Å². The van der Waals surface area contributed by atoms with Crippen LogP contribution in [0.15, 0.2) is 48.7 Å². The molecule has 0 saturated carbocycles. The van der Waals surface area contributed by atoms with E-state index in [1.807, 2.05) is 0 Å². The lowest BCUT2D eigenvalue weighted by Crippen LogP contribution is -2.29. The van der Waals surface area contributed by atoms with E-state index >= 15 is 0 Å². The second-order valence-electron chi connectivity index (χ2n) is 6.87. The van der Waals surface area contributed by atoms with Crippen molar-refractivity contribution < 1.29 is 31.5 Å². The number of aromatic nitrogens is 3. The van der Waals surface area contributed by atoms with Gasteiger partial charge in [-0.05, 0) is 31.2 Å². The standard InChI is InChI=1S/C20H14F5N3O2/c1-11-7-8-13(10-26-11)28-14-9-19(21,22)17(15(14)16(27-28)20(23,24)25)30-18(29)12-5-3-2-4-6-12/h2-8,10,17H,9H2,1H3/t17-/m0/s1. The predicted molar refractivity (Wildman–Crippen MR) is 94.3 cm³/mol. The Balaban J connectivity index is 1.82. The summed E-state index contributed by atoms with van der Waals surface area (Å²) in [6.45, 7) is 1.67. The molecule has 0 amide bonds. The fourth-order valence-electron chi connectivity index (χ4n) is 3.34. The molecule has 4 rings (SSSR count). The van der Waals surface area contributed by atoms with E-state index in [-0.39, 0.29) is 16.9 Å². The molecule has 2 aromatic heterocycles. The third kappa shape index (κ3) is 3.42. The van der Waals surface area contributed by atoms with E-state index in [9.17, 15) is 26.7 Å². The van der Waals surface area contributed by atoms with Crippen LogP contribution in [0.2, 0.25) is 0 Å². The fraction of sp³-hybridized carbons (Fsp3) is 0.250. The summed E-state index contributed by atoms with van der Waals surface area (Å²) in [4.78, 5) is 16.3. The van der Waals surface area contributed by atoms with Gasteiger partial charge in [0.2, 0.25) is 0 Å². The van der Waals surface area contributed by atoms with Gasteiger partial charge >= 0.3 is 12.1 Å². The highest BCUT2D eigenvalue weighted by molar-refractivity contribution is 5.89. The van der Waals surface area contributed by atoms with Crippen LogP contribution in [0.5, 0.6) is 0 Å². The summed E-state index contributed by atoms with van der Waals surface area (Å²) in [7, 11) is 0. The molecular weight excluding hydrogens is 409 g/mol. The molecule has 1 aliphatic carbocycles. The Morgan fingerprint density at radius 2 is 1.87 bits per heavy atom. The number of hydrogen-bond acceptors (Lipinski definition) is 4. The summed E-state index contributed by atoms with van der Waals surface area (Å²) in [6, 6.07) is 10.2. The van der Waals surface area contributed by atoms with Crippen LogP contribution >= 0.6 is 0 Å². The molecular formula is C20H14F5N3O2. The monoisotopic (exact) mass is 423 g/mol. The lowest BCUT2D eigenvalue weighted by molar-refractivity contribution is -0.147. The highest BCUT2D eigenvalue weighted by atomic mass is 19.4. The molecule has 10 heteroatoms. The minimum Gasteiger partial charge on any atom is -0.447 e. The van der Waals surface area contributed by atoms with Crippen molar-refractivity contribution in [2.45, 2.75) is 31.5 Å². The maximum absolute atomic E-state index is 14.7. The van der Waals surface area contributed by atoms with Crippen LogP contribution in [0.25, 0.3) is 5.69 Å². The molecule has 3 aromatic rings. The minimum absolute atomic E-state index is 0.0505. The molecule has 0 saturated heterocycles. The number of nitrogens with zero attached hydrogens (tertiary/aromatic N) is 3. The van der Waals surface area contributed by atoms with E-state index in [1.165, 1.54) is 42.6 Å². The average Bonchev–Trinajstić information content (AvgIpc) is 3.16. The number of carbonyl (C=O) groups excluding carboxylic acids is 1. The van der Waals surface area contributed by atoms with E-state index < -0.39 is 41.9 Å². The van der Waals surface area contributed by atoms with Gasteiger partial charge in [0.1, 0.15) is 0 Å². The zero-order valence-electron chi connectivity index (χ0n) is 15.5. The van der Waals surface area contributed by atoms with Gasteiger partial charge in [0.15, 0.2) is 11.8 Å². The molecule has 0 unspecified atom stereocenters. The van der Waals surface area contributed by atoms with Gasteiger partial charge in [0, 0.05) is 5.69 Å². The minimum atomic E-state index is -5.02. The molecule has 0 radical (unpaired) electrons. The van der Waals surface area contributed by atoms with Crippen molar-refractivity contribution in [3.8, 4) is 5.69 Å². The predicted octanol–water partition coefficient (Wildman–Crippen LogP) is 4.68. The smallest absolute Gasteiger partial charge is 0.435 e. The summed E-state index contributed by atoms with van der Waals surface area (Å²) in [5.74, 6) is -4.89. The number of esters is 1. The molecule has 1 atom stereocenters. The second kappa shape index (κ2) is 6.89. The lowest BCUT2D eigenvalue weighted by atomic mass is 10.1. The van der Waals surface area contributed by atoms with Crippen LogP contribution < -0.4 is 0 Å². The Hall–Kier alpha value is -3.30. The summed E-state index contributed by atoms with van der Waals surface area (Å²) >= 11 is 0. The molecule has 156 valence electrons. The Bertz CT molecular complexity index is 1090. The average molecular weight is 423 g/mol. The molecule has 1 aromatic carbocycles. The summed E-state index contributed by atoms with van der Waals surface area (Å²) < 4.78 is 76.1.